The third kappa shape index (κ3) is 4.43. The van der Waals surface area contributed by atoms with Gasteiger partial charge in [0.05, 0.1) is 0 Å². The molecule has 0 fully saturated rings. The van der Waals surface area contributed by atoms with E-state index in [0.29, 0.717) is 5.56 Å². The van der Waals surface area contributed by atoms with Crippen LogP contribution in [0.3, 0.4) is 0 Å². The van der Waals surface area contributed by atoms with Crippen molar-refractivity contribution in [2.45, 2.75) is 16.4 Å². The maximum absolute atomic E-state index is 13.1. The van der Waals surface area contributed by atoms with Gasteiger partial charge in [0.25, 0.3) is 5.91 Å². The number of sulfone groups is 1. The molecule has 0 aliphatic carbocycles. The molecule has 3 rings (SSSR count). The summed E-state index contributed by atoms with van der Waals surface area (Å²) in [5.41, 5.74) is 1.89. The van der Waals surface area contributed by atoms with E-state index in [0.717, 1.165) is 16.9 Å². The normalized spacial score (nSPS) is 12.5. The Bertz CT molecular complexity index is 1010. The molecule has 1 amide bonds. The number of carbonyl (C=O) groups excluding carboxylic acids is 1. The largest absolute Gasteiger partial charge is 0.350 e. The summed E-state index contributed by atoms with van der Waals surface area (Å²) >= 11 is 1.15. The van der Waals surface area contributed by atoms with Crippen LogP contribution in [-0.4, -0.2) is 20.9 Å². The number of hydrogen-bond donors (Lipinski definition) is 1. The Balaban J connectivity index is 1.87. The fourth-order valence-corrected chi connectivity index (χ4v) is 5.51. The van der Waals surface area contributed by atoms with Gasteiger partial charge in [-0.05, 0) is 48.2 Å². The molecule has 0 saturated carbocycles. The van der Waals surface area contributed by atoms with Crippen LogP contribution in [0.15, 0.2) is 70.3 Å². The number of rotatable bonds is 6. The first-order valence-corrected chi connectivity index (χ1v) is 10.7. The quantitative estimate of drug-likeness (QED) is 0.673. The zero-order valence-electron chi connectivity index (χ0n) is 14.6. The second-order valence-corrected chi connectivity index (χ2v) is 9.40. The maximum Gasteiger partial charge on any atom is 0.251 e. The van der Waals surface area contributed by atoms with Crippen LogP contribution in [-0.2, 0) is 9.84 Å². The molecule has 0 spiro atoms. The summed E-state index contributed by atoms with van der Waals surface area (Å²) < 4.78 is 39.4. The molecule has 0 radical (unpaired) electrons. The van der Waals surface area contributed by atoms with Crippen molar-refractivity contribution in [3.63, 3.8) is 0 Å². The SMILES string of the molecule is Cc1ccc([C@H](CNC(=O)c2ccc(F)cc2)S(=O)(=O)c2cccs2)cc1. The molecular weight excluding hydrogens is 385 g/mol. The zero-order valence-corrected chi connectivity index (χ0v) is 16.2. The molecule has 1 N–H and O–H groups in total. The van der Waals surface area contributed by atoms with Crippen molar-refractivity contribution in [2.75, 3.05) is 6.54 Å². The van der Waals surface area contributed by atoms with E-state index < -0.39 is 26.8 Å². The number of aryl methyl sites for hydroxylation is 1. The van der Waals surface area contributed by atoms with Crippen LogP contribution in [0.1, 0.15) is 26.7 Å². The van der Waals surface area contributed by atoms with Crippen LogP contribution < -0.4 is 5.32 Å². The average Bonchev–Trinajstić information content (AvgIpc) is 3.19. The van der Waals surface area contributed by atoms with Gasteiger partial charge in [0.15, 0.2) is 9.84 Å². The molecule has 1 aromatic heterocycles. The van der Waals surface area contributed by atoms with Crippen LogP contribution in [0.25, 0.3) is 0 Å². The van der Waals surface area contributed by atoms with Crippen molar-refractivity contribution < 1.29 is 17.6 Å². The van der Waals surface area contributed by atoms with Crippen LogP contribution in [0, 0.1) is 12.7 Å². The fourth-order valence-electron chi connectivity index (χ4n) is 2.64. The van der Waals surface area contributed by atoms with Gasteiger partial charge in [-0.15, -0.1) is 11.3 Å². The highest BCUT2D eigenvalue weighted by Crippen LogP contribution is 2.31. The number of hydrogen-bond acceptors (Lipinski definition) is 4. The first-order valence-electron chi connectivity index (χ1n) is 8.25. The monoisotopic (exact) mass is 403 g/mol. The molecule has 2 aromatic carbocycles. The Morgan fingerprint density at radius 3 is 2.33 bits per heavy atom. The summed E-state index contributed by atoms with van der Waals surface area (Å²) in [7, 11) is -3.66. The van der Waals surface area contributed by atoms with Gasteiger partial charge in [-0.25, -0.2) is 12.8 Å². The highest BCUT2D eigenvalue weighted by Gasteiger charge is 2.30. The van der Waals surface area contributed by atoms with E-state index in [1.807, 2.05) is 19.1 Å². The maximum atomic E-state index is 13.1. The molecule has 0 unspecified atom stereocenters. The molecule has 0 aliphatic rings. The Morgan fingerprint density at radius 1 is 1.07 bits per heavy atom. The predicted molar refractivity (Wildman–Crippen MR) is 104 cm³/mol. The number of amides is 1. The fraction of sp³-hybridized carbons (Fsp3) is 0.150. The first-order chi connectivity index (χ1) is 12.9. The lowest BCUT2D eigenvalue weighted by Gasteiger charge is -2.18. The summed E-state index contributed by atoms with van der Waals surface area (Å²) in [5.74, 6) is -0.891. The highest BCUT2D eigenvalue weighted by molar-refractivity contribution is 7.93. The van der Waals surface area contributed by atoms with Gasteiger partial charge in [-0.1, -0.05) is 35.9 Å². The second kappa shape index (κ2) is 8.02. The zero-order chi connectivity index (χ0) is 19.4. The smallest absolute Gasteiger partial charge is 0.251 e. The molecule has 3 aromatic rings. The predicted octanol–water partition coefficient (Wildman–Crippen LogP) is 4.14. The topological polar surface area (TPSA) is 63.2 Å². The number of carbonyl (C=O) groups is 1. The van der Waals surface area contributed by atoms with Gasteiger partial charge < -0.3 is 5.32 Å². The van der Waals surface area contributed by atoms with Crippen LogP contribution in [0.2, 0.25) is 0 Å². The Hall–Kier alpha value is -2.51. The first kappa shape index (κ1) is 19.3. The third-order valence-corrected chi connectivity index (χ3v) is 7.69. The van der Waals surface area contributed by atoms with E-state index in [1.54, 1.807) is 29.6 Å². The lowest BCUT2D eigenvalue weighted by molar-refractivity contribution is 0.0953. The van der Waals surface area contributed by atoms with E-state index in [2.05, 4.69) is 5.32 Å². The van der Waals surface area contributed by atoms with Crippen molar-refractivity contribution in [3.8, 4) is 0 Å². The van der Waals surface area contributed by atoms with E-state index in [4.69, 9.17) is 0 Å². The number of thiophene rings is 1. The molecule has 7 heteroatoms. The number of benzene rings is 2. The van der Waals surface area contributed by atoms with Gasteiger partial charge in [-0.3, -0.25) is 4.79 Å². The Morgan fingerprint density at radius 2 is 1.74 bits per heavy atom. The van der Waals surface area contributed by atoms with Crippen LogP contribution >= 0.6 is 11.3 Å². The van der Waals surface area contributed by atoms with Gasteiger partial charge in [0, 0.05) is 12.1 Å². The summed E-state index contributed by atoms with van der Waals surface area (Å²) in [6.07, 6.45) is 0. The third-order valence-electron chi connectivity index (χ3n) is 4.15. The minimum Gasteiger partial charge on any atom is -0.350 e. The molecule has 27 heavy (non-hydrogen) atoms. The molecule has 1 heterocycles. The molecule has 140 valence electrons. The molecule has 0 bridgehead atoms. The van der Waals surface area contributed by atoms with E-state index >= 15 is 0 Å². The number of halogens is 1. The van der Waals surface area contributed by atoms with Gasteiger partial charge in [0.1, 0.15) is 15.3 Å². The van der Waals surface area contributed by atoms with Crippen molar-refractivity contribution >= 4 is 27.1 Å². The van der Waals surface area contributed by atoms with Crippen molar-refractivity contribution in [2.24, 2.45) is 0 Å². The van der Waals surface area contributed by atoms with E-state index in [9.17, 15) is 17.6 Å². The summed E-state index contributed by atoms with van der Waals surface area (Å²) in [4.78, 5) is 12.3. The average molecular weight is 404 g/mol. The minimum absolute atomic E-state index is 0.0838. The Kier molecular flexibility index (Phi) is 5.72. The molecule has 0 aliphatic heterocycles. The van der Waals surface area contributed by atoms with Gasteiger partial charge >= 0.3 is 0 Å². The number of nitrogens with one attached hydrogen (secondary N) is 1. The van der Waals surface area contributed by atoms with E-state index in [-0.39, 0.29) is 16.3 Å². The van der Waals surface area contributed by atoms with Crippen molar-refractivity contribution in [1.82, 2.24) is 5.32 Å². The second-order valence-electron chi connectivity index (χ2n) is 6.09. The van der Waals surface area contributed by atoms with Gasteiger partial charge in [0.2, 0.25) is 0 Å². The lowest BCUT2D eigenvalue weighted by atomic mass is 10.1. The molecule has 1 atom stereocenters. The lowest BCUT2D eigenvalue weighted by Crippen LogP contribution is -2.31. The summed E-state index contributed by atoms with van der Waals surface area (Å²) in [6.45, 7) is 1.84. The van der Waals surface area contributed by atoms with Crippen molar-refractivity contribution in [1.29, 1.82) is 0 Å². The summed E-state index contributed by atoms with van der Waals surface area (Å²) in [6, 6.07) is 15.5. The van der Waals surface area contributed by atoms with Crippen LogP contribution in [0.4, 0.5) is 4.39 Å². The molecular formula is C20H18FNO3S2. The molecule has 4 nitrogen and oxygen atoms in total. The minimum atomic E-state index is -3.66. The van der Waals surface area contributed by atoms with Gasteiger partial charge in [-0.2, -0.15) is 0 Å². The summed E-state index contributed by atoms with van der Waals surface area (Å²) in [5, 5.41) is 3.45. The highest BCUT2D eigenvalue weighted by atomic mass is 32.2. The Labute approximate surface area is 161 Å². The van der Waals surface area contributed by atoms with Crippen molar-refractivity contribution in [3.05, 3.63) is 88.6 Å². The van der Waals surface area contributed by atoms with Crippen LogP contribution in [0.5, 0.6) is 0 Å². The van der Waals surface area contributed by atoms with E-state index in [1.165, 1.54) is 24.3 Å². The standard InChI is InChI=1S/C20H18FNO3S2/c1-14-4-6-15(7-5-14)18(27(24,25)19-3-2-12-26-19)13-22-20(23)16-8-10-17(21)11-9-16/h2-12,18H,13H2,1H3,(H,22,23)/t18-/m0/s1. The molecule has 0 saturated heterocycles.